The largest absolute Gasteiger partial charge is 0.388 e. The molecule has 19 heavy (non-hydrogen) atoms. The Hall–Kier alpha value is -1.01. The van der Waals surface area contributed by atoms with Gasteiger partial charge in [-0.1, -0.05) is 13.8 Å². The van der Waals surface area contributed by atoms with E-state index in [2.05, 4.69) is 21.2 Å². The zero-order chi connectivity index (χ0) is 14.8. The first-order valence-electron chi connectivity index (χ1n) is 5.80. The summed E-state index contributed by atoms with van der Waals surface area (Å²) >= 11 is 3.00. The molecule has 2 N–H and O–H groups in total. The molecular formula is C13H16BrF2NO2. The van der Waals surface area contributed by atoms with E-state index in [1.807, 2.05) is 13.8 Å². The van der Waals surface area contributed by atoms with Gasteiger partial charge < -0.3 is 10.4 Å². The minimum atomic E-state index is -1.09. The fraction of sp³-hybridized carbons (Fsp3) is 0.462. The van der Waals surface area contributed by atoms with Crippen LogP contribution in [0.1, 0.15) is 31.1 Å². The summed E-state index contributed by atoms with van der Waals surface area (Å²) in [6.07, 6.45) is 0. The van der Waals surface area contributed by atoms with Gasteiger partial charge in [-0.2, -0.15) is 0 Å². The minimum Gasteiger partial charge on any atom is -0.388 e. The number of rotatable bonds is 4. The predicted molar refractivity (Wildman–Crippen MR) is 71.9 cm³/mol. The summed E-state index contributed by atoms with van der Waals surface area (Å²) in [5, 5.41) is 12.5. The van der Waals surface area contributed by atoms with Gasteiger partial charge in [0.25, 0.3) is 5.91 Å². The van der Waals surface area contributed by atoms with Crippen LogP contribution in [0.2, 0.25) is 0 Å². The lowest BCUT2D eigenvalue weighted by atomic mass is 9.92. The van der Waals surface area contributed by atoms with Crippen LogP contribution < -0.4 is 5.32 Å². The van der Waals surface area contributed by atoms with Crippen molar-refractivity contribution in [3.8, 4) is 0 Å². The van der Waals surface area contributed by atoms with E-state index in [1.54, 1.807) is 6.92 Å². The van der Waals surface area contributed by atoms with E-state index in [0.717, 1.165) is 12.1 Å². The summed E-state index contributed by atoms with van der Waals surface area (Å²) in [4.78, 5) is 11.9. The topological polar surface area (TPSA) is 49.3 Å². The highest BCUT2D eigenvalue weighted by Crippen LogP contribution is 2.21. The number of hydrogen-bond acceptors (Lipinski definition) is 2. The number of aliphatic hydroxyl groups is 1. The van der Waals surface area contributed by atoms with E-state index in [1.165, 1.54) is 0 Å². The van der Waals surface area contributed by atoms with Crippen LogP contribution in [0.5, 0.6) is 0 Å². The standard InChI is InChI=1S/C13H16BrF2NO2/c1-7(2)13(3,19)6-17-12(18)8-4-10(15)11(16)5-9(8)14/h4-5,7,19H,6H2,1-3H3,(H,17,18). The second-order valence-electron chi connectivity index (χ2n) is 4.94. The quantitative estimate of drug-likeness (QED) is 0.831. The van der Waals surface area contributed by atoms with Crippen molar-refractivity contribution in [2.45, 2.75) is 26.4 Å². The molecule has 0 saturated carbocycles. The maximum absolute atomic E-state index is 13.1. The maximum Gasteiger partial charge on any atom is 0.252 e. The summed E-state index contributed by atoms with van der Waals surface area (Å²) in [7, 11) is 0. The van der Waals surface area contributed by atoms with Gasteiger partial charge >= 0.3 is 0 Å². The fourth-order valence-corrected chi connectivity index (χ4v) is 1.75. The molecule has 0 radical (unpaired) electrons. The van der Waals surface area contributed by atoms with Gasteiger partial charge in [-0.25, -0.2) is 8.78 Å². The lowest BCUT2D eigenvalue weighted by molar-refractivity contribution is 0.0142. The molecule has 0 aliphatic rings. The fourth-order valence-electron chi connectivity index (χ4n) is 1.26. The number of amides is 1. The second kappa shape index (κ2) is 5.96. The van der Waals surface area contributed by atoms with Crippen molar-refractivity contribution in [1.82, 2.24) is 5.32 Å². The predicted octanol–water partition coefficient (Wildman–Crippen LogP) is 2.86. The van der Waals surface area contributed by atoms with Gasteiger partial charge in [0.05, 0.1) is 11.2 Å². The van der Waals surface area contributed by atoms with Crippen molar-refractivity contribution in [1.29, 1.82) is 0 Å². The van der Waals surface area contributed by atoms with Crippen molar-refractivity contribution >= 4 is 21.8 Å². The monoisotopic (exact) mass is 335 g/mol. The molecule has 0 spiro atoms. The van der Waals surface area contributed by atoms with E-state index < -0.39 is 23.1 Å². The molecule has 0 aliphatic carbocycles. The lowest BCUT2D eigenvalue weighted by Gasteiger charge is -2.27. The van der Waals surface area contributed by atoms with Crippen molar-refractivity contribution in [2.75, 3.05) is 6.54 Å². The van der Waals surface area contributed by atoms with Crippen LogP contribution in [0.15, 0.2) is 16.6 Å². The number of hydrogen-bond donors (Lipinski definition) is 2. The molecule has 1 atom stereocenters. The van der Waals surface area contributed by atoms with Crippen LogP contribution in [-0.2, 0) is 0 Å². The van der Waals surface area contributed by atoms with Crippen molar-refractivity contribution in [3.05, 3.63) is 33.8 Å². The van der Waals surface area contributed by atoms with Crippen LogP contribution >= 0.6 is 15.9 Å². The van der Waals surface area contributed by atoms with Gasteiger partial charge in [-0.3, -0.25) is 4.79 Å². The molecule has 6 heteroatoms. The van der Waals surface area contributed by atoms with E-state index in [9.17, 15) is 18.7 Å². The van der Waals surface area contributed by atoms with Gasteiger partial charge in [0, 0.05) is 11.0 Å². The normalized spacial score (nSPS) is 14.3. The third-order valence-corrected chi connectivity index (χ3v) is 3.76. The van der Waals surface area contributed by atoms with Crippen LogP contribution in [0, 0.1) is 17.6 Å². The molecular weight excluding hydrogens is 320 g/mol. The summed E-state index contributed by atoms with van der Waals surface area (Å²) in [6, 6.07) is 1.71. The molecule has 1 aromatic rings. The highest BCUT2D eigenvalue weighted by Gasteiger charge is 2.26. The molecule has 0 heterocycles. The molecule has 0 fully saturated rings. The molecule has 1 aromatic carbocycles. The maximum atomic E-state index is 13.1. The Balaban J connectivity index is 2.83. The Labute approximate surface area is 119 Å². The van der Waals surface area contributed by atoms with Gasteiger partial charge in [-0.15, -0.1) is 0 Å². The molecule has 0 bridgehead atoms. The highest BCUT2D eigenvalue weighted by molar-refractivity contribution is 9.10. The van der Waals surface area contributed by atoms with Crippen molar-refractivity contribution in [2.24, 2.45) is 5.92 Å². The molecule has 0 aliphatic heterocycles. The average molecular weight is 336 g/mol. The Kier molecular flexibility index (Phi) is 5.04. The Bertz CT molecular complexity index is 490. The smallest absolute Gasteiger partial charge is 0.252 e. The molecule has 1 amide bonds. The van der Waals surface area contributed by atoms with Crippen LogP contribution in [0.25, 0.3) is 0 Å². The second-order valence-corrected chi connectivity index (χ2v) is 5.80. The summed E-state index contributed by atoms with van der Waals surface area (Å²) in [5.41, 5.74) is -1.08. The number of halogens is 3. The average Bonchev–Trinajstić information content (AvgIpc) is 2.30. The van der Waals surface area contributed by atoms with Gasteiger partial charge in [0.15, 0.2) is 11.6 Å². The third-order valence-electron chi connectivity index (χ3n) is 3.11. The van der Waals surface area contributed by atoms with Crippen LogP contribution in [0.4, 0.5) is 8.78 Å². The number of carbonyl (C=O) groups is 1. The van der Waals surface area contributed by atoms with Gasteiger partial charge in [-0.05, 0) is 40.9 Å². The van der Waals surface area contributed by atoms with E-state index in [0.29, 0.717) is 0 Å². The highest BCUT2D eigenvalue weighted by atomic mass is 79.9. The molecule has 3 nitrogen and oxygen atoms in total. The van der Waals surface area contributed by atoms with Crippen molar-refractivity contribution in [3.63, 3.8) is 0 Å². The number of carbonyl (C=O) groups excluding carboxylic acids is 1. The zero-order valence-corrected chi connectivity index (χ0v) is 12.5. The Morgan fingerprint density at radius 2 is 1.95 bits per heavy atom. The Morgan fingerprint density at radius 3 is 2.47 bits per heavy atom. The summed E-state index contributed by atoms with van der Waals surface area (Å²) in [5.74, 6) is -2.76. The summed E-state index contributed by atoms with van der Waals surface area (Å²) < 4.78 is 26.2. The van der Waals surface area contributed by atoms with Gasteiger partial charge in [0.2, 0.25) is 0 Å². The number of nitrogens with one attached hydrogen (secondary N) is 1. The van der Waals surface area contributed by atoms with Crippen LogP contribution in [-0.4, -0.2) is 23.2 Å². The molecule has 1 rings (SSSR count). The first kappa shape index (κ1) is 16.0. The lowest BCUT2D eigenvalue weighted by Crippen LogP contribution is -2.44. The third kappa shape index (κ3) is 3.98. The first-order valence-corrected chi connectivity index (χ1v) is 6.59. The van der Waals surface area contributed by atoms with Crippen LogP contribution in [0.3, 0.4) is 0 Å². The zero-order valence-electron chi connectivity index (χ0n) is 10.9. The molecule has 0 saturated heterocycles. The minimum absolute atomic E-state index is 0.0153. The van der Waals surface area contributed by atoms with E-state index >= 15 is 0 Å². The summed E-state index contributed by atoms with van der Waals surface area (Å²) in [6.45, 7) is 5.26. The Morgan fingerprint density at radius 1 is 1.42 bits per heavy atom. The molecule has 106 valence electrons. The van der Waals surface area contributed by atoms with Crippen molar-refractivity contribution < 1.29 is 18.7 Å². The molecule has 1 unspecified atom stereocenters. The SMILES string of the molecule is CC(C)C(C)(O)CNC(=O)c1cc(F)c(F)cc1Br. The first-order chi connectivity index (χ1) is 8.65. The van der Waals surface area contributed by atoms with Gasteiger partial charge in [0.1, 0.15) is 0 Å². The van der Waals surface area contributed by atoms with E-state index in [4.69, 9.17) is 0 Å². The molecule has 0 aromatic heterocycles. The van der Waals surface area contributed by atoms with E-state index in [-0.39, 0.29) is 22.5 Å². The number of benzene rings is 1.